The second-order valence-corrected chi connectivity index (χ2v) is 12.7. The molecular weight excluding hydrogens is 477 g/mol. The van der Waals surface area contributed by atoms with Crippen LogP contribution in [0.1, 0.15) is 90.5 Å². The number of benzene rings is 2. The van der Waals surface area contributed by atoms with Crippen molar-refractivity contribution in [2.75, 3.05) is 0 Å². The molecule has 1 unspecified atom stereocenters. The van der Waals surface area contributed by atoms with Crippen LogP contribution in [0, 0.1) is 5.92 Å². The maximum absolute atomic E-state index is 13.6. The molecule has 7 heteroatoms. The van der Waals surface area contributed by atoms with Crippen molar-refractivity contribution in [3.05, 3.63) is 65.2 Å². The van der Waals surface area contributed by atoms with Crippen molar-refractivity contribution in [1.82, 2.24) is 5.32 Å². The number of esters is 1. The van der Waals surface area contributed by atoms with Crippen LogP contribution in [0.25, 0.3) is 0 Å². The number of rotatable bonds is 7. The van der Waals surface area contributed by atoms with Gasteiger partial charge in [0.15, 0.2) is 0 Å². The molecule has 0 spiro atoms. The molecule has 204 valence electrons. The van der Waals surface area contributed by atoms with E-state index in [0.717, 1.165) is 30.3 Å². The summed E-state index contributed by atoms with van der Waals surface area (Å²) in [5.74, 6) is -1.02. The Hall–Kier alpha value is -2.64. The summed E-state index contributed by atoms with van der Waals surface area (Å²) in [6.45, 7) is 13.7. The normalized spacial score (nSPS) is 20.9. The van der Waals surface area contributed by atoms with Gasteiger partial charge in [0.25, 0.3) is 0 Å². The molecule has 4 rings (SSSR count). The molecule has 38 heavy (non-hydrogen) atoms. The molecular formula is C31H42BNO5. The third-order valence-corrected chi connectivity index (χ3v) is 7.88. The monoisotopic (exact) mass is 519 g/mol. The van der Waals surface area contributed by atoms with E-state index in [4.69, 9.17) is 14.0 Å². The number of hydrogen-bond acceptors (Lipinski definition) is 5. The largest absolute Gasteiger partial charge is 0.494 e. The minimum Gasteiger partial charge on any atom is -0.460 e. The van der Waals surface area contributed by atoms with Gasteiger partial charge in [-0.05, 0) is 96.3 Å². The van der Waals surface area contributed by atoms with Gasteiger partial charge in [-0.1, -0.05) is 48.5 Å². The van der Waals surface area contributed by atoms with E-state index in [0.29, 0.717) is 6.42 Å². The van der Waals surface area contributed by atoms with Crippen LogP contribution in [-0.2, 0) is 36.5 Å². The van der Waals surface area contributed by atoms with Crippen molar-refractivity contribution >= 4 is 24.5 Å². The van der Waals surface area contributed by atoms with Crippen molar-refractivity contribution in [3.63, 3.8) is 0 Å². The first-order valence-corrected chi connectivity index (χ1v) is 13.8. The van der Waals surface area contributed by atoms with Crippen molar-refractivity contribution in [2.45, 2.75) is 103 Å². The Labute approximate surface area is 228 Å². The third-order valence-electron chi connectivity index (χ3n) is 7.88. The Morgan fingerprint density at radius 3 is 2.29 bits per heavy atom. The van der Waals surface area contributed by atoms with Crippen molar-refractivity contribution in [2.24, 2.45) is 5.92 Å². The van der Waals surface area contributed by atoms with Crippen LogP contribution in [0.2, 0.25) is 0 Å². The van der Waals surface area contributed by atoms with Gasteiger partial charge in [-0.25, -0.2) is 0 Å². The van der Waals surface area contributed by atoms with E-state index >= 15 is 0 Å². The Kier molecular flexibility index (Phi) is 8.11. The van der Waals surface area contributed by atoms with E-state index in [2.05, 4.69) is 17.4 Å². The molecule has 2 atom stereocenters. The zero-order valence-corrected chi connectivity index (χ0v) is 23.9. The number of ether oxygens (including phenoxy) is 1. The Morgan fingerprint density at radius 2 is 1.66 bits per heavy atom. The van der Waals surface area contributed by atoms with Crippen LogP contribution in [-0.4, -0.2) is 35.8 Å². The molecule has 2 aliphatic rings. The van der Waals surface area contributed by atoms with Crippen LogP contribution in [0.15, 0.2) is 48.5 Å². The average molecular weight is 519 g/mol. The SMILES string of the molecule is CC(C)(C)OC(=O)C[C@@H](Cc1ccc(B2OC(C)(C)C(C)(C)O2)cc1)C(=O)NC1CCCc2ccccc21. The molecule has 1 heterocycles. The fourth-order valence-electron chi connectivity index (χ4n) is 5.11. The fourth-order valence-corrected chi connectivity index (χ4v) is 5.11. The zero-order chi connectivity index (χ0) is 27.7. The first-order chi connectivity index (χ1) is 17.7. The van der Waals surface area contributed by atoms with Crippen LogP contribution >= 0.6 is 0 Å². The lowest BCUT2D eigenvalue weighted by molar-refractivity contribution is -0.157. The summed E-state index contributed by atoms with van der Waals surface area (Å²) in [4.78, 5) is 26.4. The maximum atomic E-state index is 13.6. The molecule has 0 aromatic heterocycles. The molecule has 1 fully saturated rings. The highest BCUT2D eigenvalue weighted by Crippen LogP contribution is 2.36. The smallest absolute Gasteiger partial charge is 0.460 e. The van der Waals surface area contributed by atoms with Gasteiger partial charge in [0, 0.05) is 0 Å². The molecule has 0 radical (unpaired) electrons. The van der Waals surface area contributed by atoms with Gasteiger partial charge in [-0.3, -0.25) is 9.59 Å². The van der Waals surface area contributed by atoms with E-state index in [-0.39, 0.29) is 24.3 Å². The van der Waals surface area contributed by atoms with Gasteiger partial charge in [0.05, 0.1) is 29.6 Å². The highest BCUT2D eigenvalue weighted by Gasteiger charge is 2.51. The molecule has 0 bridgehead atoms. The summed E-state index contributed by atoms with van der Waals surface area (Å²) >= 11 is 0. The van der Waals surface area contributed by atoms with Crippen LogP contribution in [0.4, 0.5) is 0 Å². The number of nitrogens with one attached hydrogen (secondary N) is 1. The van der Waals surface area contributed by atoms with Crippen molar-refractivity contribution < 1.29 is 23.6 Å². The van der Waals surface area contributed by atoms with E-state index in [9.17, 15) is 9.59 Å². The molecule has 1 saturated heterocycles. The van der Waals surface area contributed by atoms with Gasteiger partial charge in [0.1, 0.15) is 5.60 Å². The molecule has 1 aliphatic carbocycles. The second-order valence-electron chi connectivity index (χ2n) is 12.7. The van der Waals surface area contributed by atoms with Gasteiger partial charge in [-0.2, -0.15) is 0 Å². The maximum Gasteiger partial charge on any atom is 0.494 e. The van der Waals surface area contributed by atoms with Crippen LogP contribution in [0.3, 0.4) is 0 Å². The van der Waals surface area contributed by atoms with E-state index in [1.54, 1.807) is 0 Å². The van der Waals surface area contributed by atoms with Crippen molar-refractivity contribution in [3.8, 4) is 0 Å². The molecule has 0 saturated carbocycles. The standard InChI is InChI=1S/C31H42BNO5/c1-29(2,3)36-27(34)20-23(28(35)33-26-14-10-12-22-11-8-9-13-25(22)26)19-21-15-17-24(18-16-21)32-37-30(4,5)31(6,7)38-32/h8-9,11,13,15-18,23,26H,10,12,14,19-20H2,1-7H3,(H,33,35)/t23-,26?/m1/s1. The van der Waals surface area contributed by atoms with Gasteiger partial charge in [-0.15, -0.1) is 0 Å². The molecule has 2 aromatic carbocycles. The van der Waals surface area contributed by atoms with Gasteiger partial charge < -0.3 is 19.4 Å². The topological polar surface area (TPSA) is 73.9 Å². The first-order valence-electron chi connectivity index (χ1n) is 13.8. The summed E-state index contributed by atoms with van der Waals surface area (Å²) in [5.41, 5.74) is 2.93. The molecule has 1 amide bonds. The van der Waals surface area contributed by atoms with E-state index in [1.807, 2.05) is 84.9 Å². The summed E-state index contributed by atoms with van der Waals surface area (Å²) in [5, 5.41) is 3.25. The number of carbonyl (C=O) groups excluding carboxylic acids is 2. The summed E-state index contributed by atoms with van der Waals surface area (Å²) < 4.78 is 17.9. The minimum atomic E-state index is -0.606. The quantitative estimate of drug-likeness (QED) is 0.409. The zero-order valence-electron chi connectivity index (χ0n) is 23.9. The number of hydrogen-bond donors (Lipinski definition) is 1. The Balaban J connectivity index is 1.49. The summed E-state index contributed by atoms with van der Waals surface area (Å²) in [7, 11) is -0.443. The lowest BCUT2D eigenvalue weighted by atomic mass is 9.78. The Bertz CT molecular complexity index is 1140. The molecule has 6 nitrogen and oxygen atoms in total. The molecule has 1 aliphatic heterocycles. The average Bonchev–Trinajstić information content (AvgIpc) is 3.05. The molecule has 1 N–H and O–H groups in total. The molecule has 2 aromatic rings. The van der Waals surface area contributed by atoms with E-state index in [1.165, 1.54) is 11.1 Å². The van der Waals surface area contributed by atoms with Crippen LogP contribution < -0.4 is 10.8 Å². The predicted molar refractivity (Wildman–Crippen MR) is 150 cm³/mol. The van der Waals surface area contributed by atoms with Gasteiger partial charge in [0.2, 0.25) is 5.91 Å². The number of fused-ring (bicyclic) bond motifs is 1. The number of aryl methyl sites for hydroxylation is 1. The Morgan fingerprint density at radius 1 is 1.03 bits per heavy atom. The number of amides is 1. The second kappa shape index (κ2) is 10.9. The minimum absolute atomic E-state index is 0.0243. The number of carbonyl (C=O) groups is 2. The highest BCUT2D eigenvalue weighted by atomic mass is 16.7. The van der Waals surface area contributed by atoms with Gasteiger partial charge >= 0.3 is 13.1 Å². The predicted octanol–water partition coefficient (Wildman–Crippen LogP) is 5.07. The lowest BCUT2D eigenvalue weighted by Gasteiger charge is -2.32. The third kappa shape index (κ3) is 6.67. The van der Waals surface area contributed by atoms with Crippen LogP contribution in [0.5, 0.6) is 0 Å². The summed E-state index contributed by atoms with van der Waals surface area (Å²) in [6, 6.07) is 16.2. The highest BCUT2D eigenvalue weighted by molar-refractivity contribution is 6.62. The fraction of sp³-hybridized carbons (Fsp3) is 0.548. The summed E-state index contributed by atoms with van der Waals surface area (Å²) in [6.07, 6.45) is 3.41. The van der Waals surface area contributed by atoms with E-state index < -0.39 is 29.8 Å². The lowest BCUT2D eigenvalue weighted by Crippen LogP contribution is -2.41. The van der Waals surface area contributed by atoms with Crippen molar-refractivity contribution in [1.29, 1.82) is 0 Å². The first kappa shape index (κ1) is 28.4.